The van der Waals surface area contributed by atoms with E-state index in [1.54, 1.807) is 0 Å². The van der Waals surface area contributed by atoms with Gasteiger partial charge in [0.05, 0.1) is 34.4 Å². The number of esters is 1. The number of hydrogen-bond donors (Lipinski definition) is 0. The van der Waals surface area contributed by atoms with Crippen LogP contribution in [0.1, 0.15) is 219 Å². The largest absolute Gasteiger partial charge is 0.756 e. The molecule has 0 bridgehead atoms. The second-order valence-electron chi connectivity index (χ2n) is 19.2. The van der Waals surface area contributed by atoms with Crippen molar-refractivity contribution in [2.24, 2.45) is 0 Å². The molecule has 2 atom stereocenters. The number of carbonyl (C=O) groups excluding carboxylic acids is 1. The Kier molecular flexibility index (Phi) is 48.3. The number of quaternary nitrogens is 1. The van der Waals surface area contributed by atoms with Crippen LogP contribution in [0.2, 0.25) is 0 Å². The Bertz CT molecular complexity index is 1340. The van der Waals surface area contributed by atoms with Crippen molar-refractivity contribution >= 4 is 13.8 Å². The van der Waals surface area contributed by atoms with Crippen molar-refractivity contribution in [2.75, 3.05) is 54.1 Å². The topological polar surface area (TPSA) is 94.1 Å². The molecule has 8 nitrogen and oxygen atoms in total. The number of phosphoric ester groups is 1. The highest BCUT2D eigenvalue weighted by Crippen LogP contribution is 2.38. The molecule has 0 rings (SSSR count). The van der Waals surface area contributed by atoms with Crippen LogP contribution in [0.15, 0.2) is 85.1 Å². The lowest BCUT2D eigenvalue weighted by Crippen LogP contribution is -2.37. The average molecular weight is 958 g/mol. The molecule has 0 N–H and O–H groups in total. The Hall–Kier alpha value is -2.32. The van der Waals surface area contributed by atoms with E-state index in [2.05, 4.69) is 98.9 Å². The Morgan fingerprint density at radius 1 is 0.478 bits per heavy atom. The number of likely N-dealkylation sites (N-methyl/N-ethyl adjacent to an activating group) is 1. The van der Waals surface area contributed by atoms with E-state index >= 15 is 0 Å². The third-order valence-corrected chi connectivity index (χ3v) is 12.4. The van der Waals surface area contributed by atoms with Gasteiger partial charge in [0.15, 0.2) is 0 Å². The standard InChI is InChI=1S/C58H104NO7P/c1-6-8-10-12-14-16-18-20-22-24-26-28-29-30-32-34-36-38-40-42-44-46-48-50-53-63-55-57(56-65-67(61,62)64-54-52-59(3,4)5)66-58(60)51-49-47-45-43-41-39-37-35-33-31-27-25-23-21-19-17-15-13-11-9-7-2/h9,11,15,17,21,23-24,26-27,31,35,37,41,43,57H,6-8,10,12-14,16,18-20,22,25,28-30,32-34,36,38-40,42,44-56H2,1-5H3/b11-9-,17-15-,23-21-,26-24-,31-27-,37-35-,43-41-. The predicted octanol–water partition coefficient (Wildman–Crippen LogP) is 16.5. The third-order valence-electron chi connectivity index (χ3n) is 11.4. The second-order valence-corrected chi connectivity index (χ2v) is 20.6. The number of rotatable bonds is 50. The lowest BCUT2D eigenvalue weighted by atomic mass is 10.0. The summed E-state index contributed by atoms with van der Waals surface area (Å²) in [4.78, 5) is 25.2. The molecule has 0 aliphatic carbocycles. The van der Waals surface area contributed by atoms with Crippen LogP contribution in [0.3, 0.4) is 0 Å². The van der Waals surface area contributed by atoms with E-state index in [9.17, 15) is 14.3 Å². The van der Waals surface area contributed by atoms with E-state index in [-0.39, 0.29) is 32.2 Å². The Morgan fingerprint density at radius 3 is 1.31 bits per heavy atom. The van der Waals surface area contributed by atoms with Crippen LogP contribution in [0.4, 0.5) is 0 Å². The van der Waals surface area contributed by atoms with Crippen LogP contribution >= 0.6 is 7.82 Å². The van der Waals surface area contributed by atoms with Crippen LogP contribution in [-0.2, 0) is 27.9 Å². The zero-order chi connectivity index (χ0) is 49.0. The van der Waals surface area contributed by atoms with E-state index in [1.807, 2.05) is 21.1 Å². The molecule has 0 aliphatic rings. The minimum Gasteiger partial charge on any atom is -0.756 e. The quantitative estimate of drug-likeness (QED) is 0.0197. The number of unbranched alkanes of at least 4 members (excludes halogenated alkanes) is 22. The lowest BCUT2D eigenvalue weighted by Gasteiger charge is -2.28. The van der Waals surface area contributed by atoms with Crippen molar-refractivity contribution < 1.29 is 37.3 Å². The van der Waals surface area contributed by atoms with Crippen molar-refractivity contribution in [3.8, 4) is 0 Å². The van der Waals surface area contributed by atoms with Gasteiger partial charge in [-0.15, -0.1) is 0 Å². The summed E-state index contributed by atoms with van der Waals surface area (Å²) < 4.78 is 34.7. The first-order chi connectivity index (χ1) is 32.6. The van der Waals surface area contributed by atoms with Gasteiger partial charge in [0.1, 0.15) is 19.3 Å². The van der Waals surface area contributed by atoms with Gasteiger partial charge in [-0.05, 0) is 89.9 Å². The van der Waals surface area contributed by atoms with Crippen molar-refractivity contribution in [1.29, 1.82) is 0 Å². The summed E-state index contributed by atoms with van der Waals surface area (Å²) in [5.74, 6) is -0.376. The van der Waals surface area contributed by atoms with Crippen molar-refractivity contribution in [3.63, 3.8) is 0 Å². The zero-order valence-electron chi connectivity index (χ0n) is 44.1. The molecule has 0 heterocycles. The lowest BCUT2D eigenvalue weighted by molar-refractivity contribution is -0.870. The number of phosphoric acid groups is 1. The van der Waals surface area contributed by atoms with Crippen molar-refractivity contribution in [2.45, 2.75) is 225 Å². The normalized spacial score (nSPS) is 14.2. The summed E-state index contributed by atoms with van der Waals surface area (Å²) >= 11 is 0. The zero-order valence-corrected chi connectivity index (χ0v) is 45.0. The molecule has 0 aromatic rings. The van der Waals surface area contributed by atoms with Gasteiger partial charge in [-0.3, -0.25) is 9.36 Å². The van der Waals surface area contributed by atoms with Crippen molar-refractivity contribution in [1.82, 2.24) is 0 Å². The fourth-order valence-electron chi connectivity index (χ4n) is 7.25. The van der Waals surface area contributed by atoms with E-state index < -0.39 is 13.9 Å². The molecular formula is C58H104NO7P. The highest BCUT2D eigenvalue weighted by Gasteiger charge is 2.20. The van der Waals surface area contributed by atoms with Crippen LogP contribution in [0.25, 0.3) is 0 Å². The minimum atomic E-state index is -4.55. The maximum atomic E-state index is 12.8. The molecule has 0 radical (unpaired) electrons. The van der Waals surface area contributed by atoms with Gasteiger partial charge in [-0.1, -0.05) is 208 Å². The van der Waals surface area contributed by atoms with Gasteiger partial charge in [0.2, 0.25) is 0 Å². The predicted molar refractivity (Wildman–Crippen MR) is 286 cm³/mol. The molecule has 0 saturated carbocycles. The molecule has 388 valence electrons. The number of hydrogen-bond acceptors (Lipinski definition) is 7. The van der Waals surface area contributed by atoms with Gasteiger partial charge in [0, 0.05) is 13.0 Å². The fourth-order valence-corrected chi connectivity index (χ4v) is 7.98. The molecule has 2 unspecified atom stereocenters. The number of allylic oxidation sites excluding steroid dienone is 14. The number of nitrogens with zero attached hydrogens (tertiary/aromatic N) is 1. The first-order valence-corrected chi connectivity index (χ1v) is 28.8. The maximum Gasteiger partial charge on any atom is 0.306 e. The summed E-state index contributed by atoms with van der Waals surface area (Å²) in [6.07, 6.45) is 67.7. The Labute approximate surface area is 414 Å². The summed E-state index contributed by atoms with van der Waals surface area (Å²) in [6, 6.07) is 0. The average Bonchev–Trinajstić information content (AvgIpc) is 3.29. The molecule has 0 amide bonds. The van der Waals surface area contributed by atoms with Crippen LogP contribution in [-0.4, -0.2) is 70.7 Å². The van der Waals surface area contributed by atoms with Gasteiger partial charge in [-0.2, -0.15) is 0 Å². The van der Waals surface area contributed by atoms with Gasteiger partial charge in [-0.25, -0.2) is 0 Å². The minimum absolute atomic E-state index is 0.0136. The monoisotopic (exact) mass is 958 g/mol. The molecule has 0 aromatic carbocycles. The SMILES string of the molecule is CC/C=C\C/C=C\C/C=C\C/C=C\C/C=C\C/C=C\CCCCC(=O)OC(COCCCCCCCCCCCCCC/C=C\CCCCCCCCCC)COP(=O)([O-])OCC[N+](C)(C)C. The highest BCUT2D eigenvalue weighted by atomic mass is 31.2. The van der Waals surface area contributed by atoms with Gasteiger partial charge in [0.25, 0.3) is 7.82 Å². The fraction of sp³-hybridized carbons (Fsp3) is 0.741. The van der Waals surface area contributed by atoms with E-state index in [1.165, 1.54) is 128 Å². The summed E-state index contributed by atoms with van der Waals surface area (Å²) in [5, 5.41) is 0. The molecule has 0 saturated heterocycles. The third kappa shape index (κ3) is 54.5. The first kappa shape index (κ1) is 64.7. The summed E-state index contributed by atoms with van der Waals surface area (Å²) in [6.45, 7) is 5.24. The van der Waals surface area contributed by atoms with E-state index in [0.717, 1.165) is 64.2 Å². The second kappa shape index (κ2) is 50.1. The summed E-state index contributed by atoms with van der Waals surface area (Å²) in [5.41, 5.74) is 0. The van der Waals surface area contributed by atoms with E-state index in [4.69, 9.17) is 18.5 Å². The smallest absolute Gasteiger partial charge is 0.306 e. The summed E-state index contributed by atoms with van der Waals surface area (Å²) in [7, 11) is 1.32. The molecule has 9 heteroatoms. The maximum absolute atomic E-state index is 12.8. The molecule has 0 aliphatic heterocycles. The number of ether oxygens (including phenoxy) is 2. The van der Waals surface area contributed by atoms with Gasteiger partial charge >= 0.3 is 5.97 Å². The highest BCUT2D eigenvalue weighted by molar-refractivity contribution is 7.45. The molecule has 0 spiro atoms. The van der Waals surface area contributed by atoms with Crippen LogP contribution in [0, 0.1) is 0 Å². The molecule has 0 aromatic heterocycles. The Morgan fingerprint density at radius 2 is 0.866 bits per heavy atom. The van der Waals surface area contributed by atoms with Gasteiger partial charge < -0.3 is 27.9 Å². The first-order valence-electron chi connectivity index (χ1n) is 27.3. The van der Waals surface area contributed by atoms with E-state index in [0.29, 0.717) is 24.1 Å². The van der Waals surface area contributed by atoms with Crippen LogP contribution < -0.4 is 4.89 Å². The van der Waals surface area contributed by atoms with Crippen LogP contribution in [0.5, 0.6) is 0 Å². The molecule has 67 heavy (non-hydrogen) atoms. The molecular weight excluding hydrogens is 854 g/mol. The van der Waals surface area contributed by atoms with Crippen molar-refractivity contribution in [3.05, 3.63) is 85.1 Å². The number of carbonyl (C=O) groups is 1. The molecule has 0 fully saturated rings. The Balaban J connectivity index is 4.19.